The van der Waals surface area contributed by atoms with Crippen LogP contribution in [-0.4, -0.2) is 48.1 Å². The molecular weight excluding hydrogens is 480 g/mol. The summed E-state index contributed by atoms with van der Waals surface area (Å²) in [6, 6.07) is 8.53. The summed E-state index contributed by atoms with van der Waals surface area (Å²) in [6.07, 6.45) is 4.47. The predicted octanol–water partition coefficient (Wildman–Crippen LogP) is 6.36. The van der Waals surface area contributed by atoms with Crippen LogP contribution in [-0.2, 0) is 32.0 Å². The molecule has 1 saturated heterocycles. The molecule has 0 aliphatic carbocycles. The van der Waals surface area contributed by atoms with Gasteiger partial charge >= 0.3 is 12.1 Å². The molecule has 1 unspecified atom stereocenters. The van der Waals surface area contributed by atoms with Crippen LogP contribution in [0.15, 0.2) is 30.5 Å². The van der Waals surface area contributed by atoms with Crippen LogP contribution in [0.25, 0.3) is 10.9 Å². The van der Waals surface area contributed by atoms with E-state index in [-0.39, 0.29) is 35.9 Å². The first-order valence-electron chi connectivity index (χ1n) is 14.1. The number of hydrogen-bond donors (Lipinski definition) is 1. The zero-order valence-electron chi connectivity index (χ0n) is 24.6. The smallest absolute Gasteiger partial charge is 0.408 e. The van der Waals surface area contributed by atoms with E-state index < -0.39 is 11.7 Å². The third-order valence-corrected chi connectivity index (χ3v) is 7.60. The summed E-state index contributed by atoms with van der Waals surface area (Å²) in [5.41, 5.74) is 1.89. The molecule has 2 heterocycles. The molecule has 1 aliphatic rings. The maximum atomic E-state index is 12.8. The van der Waals surface area contributed by atoms with Crippen molar-refractivity contribution in [3.05, 3.63) is 36.0 Å². The fraction of sp³-hybridized carbons (Fsp3) is 0.677. The summed E-state index contributed by atoms with van der Waals surface area (Å²) in [7, 11) is 1.73. The SMILES string of the molecule is COCCCn1ccc2ccc(C[C@@H](C[C@H](NC(=O)OC(C)(C)C)[C@@H]3CC(C(C)C)C(=O)O3)C(C)C)cc21. The van der Waals surface area contributed by atoms with E-state index in [1.165, 1.54) is 16.5 Å². The van der Waals surface area contributed by atoms with E-state index in [2.05, 4.69) is 54.2 Å². The van der Waals surface area contributed by atoms with Gasteiger partial charge in [-0.3, -0.25) is 4.79 Å². The van der Waals surface area contributed by atoms with E-state index in [1.807, 2.05) is 34.6 Å². The summed E-state index contributed by atoms with van der Waals surface area (Å²) in [5.74, 6) is 0.541. The van der Waals surface area contributed by atoms with Crippen LogP contribution < -0.4 is 5.32 Å². The molecule has 0 bridgehead atoms. The Morgan fingerprint density at radius 2 is 1.92 bits per heavy atom. The Hall–Kier alpha value is -2.54. The first-order chi connectivity index (χ1) is 17.9. The largest absolute Gasteiger partial charge is 0.460 e. The van der Waals surface area contributed by atoms with E-state index in [9.17, 15) is 9.59 Å². The second-order valence-electron chi connectivity index (χ2n) is 12.5. The molecule has 0 spiro atoms. The Labute approximate surface area is 228 Å². The number of nitrogens with one attached hydrogen (secondary N) is 1. The zero-order chi connectivity index (χ0) is 28.0. The average Bonchev–Trinajstić information content (AvgIpc) is 3.40. The third-order valence-electron chi connectivity index (χ3n) is 7.60. The maximum Gasteiger partial charge on any atom is 0.408 e. The van der Waals surface area contributed by atoms with Crippen LogP contribution in [0.3, 0.4) is 0 Å². The van der Waals surface area contributed by atoms with Crippen molar-refractivity contribution < 1.29 is 23.8 Å². The van der Waals surface area contributed by atoms with Crippen molar-refractivity contribution in [1.82, 2.24) is 9.88 Å². The van der Waals surface area contributed by atoms with Gasteiger partial charge in [-0.25, -0.2) is 4.79 Å². The van der Waals surface area contributed by atoms with Gasteiger partial charge in [0.1, 0.15) is 11.7 Å². The van der Waals surface area contributed by atoms with Crippen LogP contribution in [0, 0.1) is 23.7 Å². The number of amides is 1. The van der Waals surface area contributed by atoms with Gasteiger partial charge in [0.15, 0.2) is 0 Å². The highest BCUT2D eigenvalue weighted by Crippen LogP contribution is 2.33. The second kappa shape index (κ2) is 13.0. The van der Waals surface area contributed by atoms with Crippen molar-refractivity contribution in [2.45, 2.75) is 98.4 Å². The Kier molecular flexibility index (Phi) is 10.3. The van der Waals surface area contributed by atoms with Crippen LogP contribution in [0.2, 0.25) is 0 Å². The number of benzene rings is 1. The number of carbonyl (C=O) groups excluding carboxylic acids is 2. The van der Waals surface area contributed by atoms with E-state index in [0.29, 0.717) is 18.8 Å². The van der Waals surface area contributed by atoms with E-state index >= 15 is 0 Å². The molecule has 1 amide bonds. The van der Waals surface area contributed by atoms with Gasteiger partial charge in [-0.15, -0.1) is 0 Å². The normalized spacial score (nSPS) is 19.7. The lowest BCUT2D eigenvalue weighted by atomic mass is 9.81. The third kappa shape index (κ3) is 8.23. The van der Waals surface area contributed by atoms with Crippen molar-refractivity contribution in [3.63, 3.8) is 0 Å². The number of fused-ring (bicyclic) bond motifs is 1. The van der Waals surface area contributed by atoms with E-state index in [0.717, 1.165) is 26.0 Å². The van der Waals surface area contributed by atoms with Crippen LogP contribution >= 0.6 is 0 Å². The molecule has 7 heteroatoms. The number of alkyl carbamates (subject to hydrolysis) is 1. The lowest BCUT2D eigenvalue weighted by Crippen LogP contribution is -2.47. The van der Waals surface area contributed by atoms with Gasteiger partial charge in [0.05, 0.1) is 12.0 Å². The lowest BCUT2D eigenvalue weighted by Gasteiger charge is -2.31. The van der Waals surface area contributed by atoms with Crippen molar-refractivity contribution >= 4 is 23.0 Å². The zero-order valence-corrected chi connectivity index (χ0v) is 24.6. The number of cyclic esters (lactones) is 1. The summed E-state index contributed by atoms with van der Waals surface area (Å²) < 4.78 is 18.9. The Bertz CT molecular complexity index is 1070. The molecule has 1 aromatic heterocycles. The number of hydrogen-bond acceptors (Lipinski definition) is 5. The fourth-order valence-electron chi connectivity index (χ4n) is 5.34. The van der Waals surface area contributed by atoms with Gasteiger partial charge in [-0.2, -0.15) is 0 Å². The van der Waals surface area contributed by atoms with Gasteiger partial charge < -0.3 is 24.1 Å². The lowest BCUT2D eigenvalue weighted by molar-refractivity contribution is -0.146. The number of methoxy groups -OCH3 is 1. The number of aryl methyl sites for hydroxylation is 1. The molecule has 38 heavy (non-hydrogen) atoms. The van der Waals surface area contributed by atoms with Gasteiger partial charge in [0, 0.05) is 32.0 Å². The molecule has 1 N–H and O–H groups in total. The average molecular weight is 529 g/mol. The molecule has 1 aliphatic heterocycles. The Morgan fingerprint density at radius 1 is 1.18 bits per heavy atom. The van der Waals surface area contributed by atoms with Crippen molar-refractivity contribution in [3.8, 4) is 0 Å². The number of ether oxygens (including phenoxy) is 3. The first kappa shape index (κ1) is 30.0. The highest BCUT2D eigenvalue weighted by atomic mass is 16.6. The number of esters is 1. The predicted molar refractivity (Wildman–Crippen MR) is 151 cm³/mol. The van der Waals surface area contributed by atoms with Gasteiger partial charge in [0.25, 0.3) is 0 Å². The van der Waals surface area contributed by atoms with Crippen LogP contribution in [0.5, 0.6) is 0 Å². The minimum atomic E-state index is -0.605. The van der Waals surface area contributed by atoms with Crippen molar-refractivity contribution in [2.24, 2.45) is 23.7 Å². The summed E-state index contributed by atoms with van der Waals surface area (Å²) in [6.45, 7) is 15.7. The van der Waals surface area contributed by atoms with Gasteiger partial charge in [-0.05, 0) is 87.3 Å². The molecule has 212 valence electrons. The van der Waals surface area contributed by atoms with Gasteiger partial charge in [0.2, 0.25) is 0 Å². The monoisotopic (exact) mass is 528 g/mol. The molecule has 1 aromatic carbocycles. The van der Waals surface area contributed by atoms with Crippen molar-refractivity contribution in [2.75, 3.05) is 13.7 Å². The number of aromatic nitrogens is 1. The number of nitrogens with zero attached hydrogens (tertiary/aromatic N) is 1. The molecule has 2 aromatic rings. The first-order valence-corrected chi connectivity index (χ1v) is 14.1. The fourth-order valence-corrected chi connectivity index (χ4v) is 5.34. The maximum absolute atomic E-state index is 12.8. The number of carbonyl (C=O) groups is 2. The molecule has 1 fully saturated rings. The molecule has 7 nitrogen and oxygen atoms in total. The highest BCUT2D eigenvalue weighted by molar-refractivity contribution is 5.81. The second-order valence-corrected chi connectivity index (χ2v) is 12.5. The minimum absolute atomic E-state index is 0.145. The highest BCUT2D eigenvalue weighted by Gasteiger charge is 2.42. The van der Waals surface area contributed by atoms with Gasteiger partial charge in [-0.1, -0.05) is 39.8 Å². The van der Waals surface area contributed by atoms with E-state index in [4.69, 9.17) is 14.2 Å². The quantitative estimate of drug-likeness (QED) is 0.256. The molecule has 4 atom stereocenters. The van der Waals surface area contributed by atoms with Crippen LogP contribution in [0.1, 0.15) is 73.3 Å². The Balaban J connectivity index is 1.80. The molecular formula is C31H48N2O5. The van der Waals surface area contributed by atoms with Crippen molar-refractivity contribution in [1.29, 1.82) is 0 Å². The van der Waals surface area contributed by atoms with E-state index in [1.54, 1.807) is 7.11 Å². The topological polar surface area (TPSA) is 78.8 Å². The molecule has 0 radical (unpaired) electrons. The van der Waals surface area contributed by atoms with Crippen LogP contribution in [0.4, 0.5) is 4.79 Å². The summed E-state index contributed by atoms with van der Waals surface area (Å²) in [4.78, 5) is 25.4. The summed E-state index contributed by atoms with van der Waals surface area (Å²) in [5, 5.41) is 4.31. The molecule has 3 rings (SSSR count). The minimum Gasteiger partial charge on any atom is -0.460 e. The molecule has 0 saturated carbocycles. The standard InChI is InChI=1S/C31H48N2O5/c1-20(2)24(16-22-10-11-23-12-14-33(27(23)17-22)13-9-15-36-8)18-26(32-30(35)38-31(5,6)7)28-19-25(21(3)4)29(34)37-28/h10-12,14,17,20-21,24-26,28H,9,13,15-16,18-19H2,1-8H3,(H,32,35)/t24-,25?,26-,28-/m0/s1. The Morgan fingerprint density at radius 3 is 2.53 bits per heavy atom. The number of rotatable bonds is 12. The summed E-state index contributed by atoms with van der Waals surface area (Å²) >= 11 is 0.